The molecule has 5 aromatic rings. The molecule has 4 amide bonds. The number of nitrogens with two attached hydrogens (primary N) is 1. The van der Waals surface area contributed by atoms with Crippen LogP contribution in [0.15, 0.2) is 48.5 Å². The summed E-state index contributed by atoms with van der Waals surface area (Å²) in [6, 6.07) is 14.7. The molecule has 5 aromatic carbocycles. The maximum atomic E-state index is 13.8. The Morgan fingerprint density at radius 1 is 0.612 bits per heavy atom. The van der Waals surface area contributed by atoms with Gasteiger partial charge in [0.15, 0.2) is 0 Å². The second-order valence-electron chi connectivity index (χ2n) is 13.0. The van der Waals surface area contributed by atoms with E-state index in [2.05, 4.69) is 4.84 Å². The second kappa shape index (κ2) is 13.2. The highest BCUT2D eigenvalue weighted by Crippen LogP contribution is 2.46. The Morgan fingerprint density at radius 2 is 1.08 bits per heavy atom. The molecule has 2 aliphatic rings. The summed E-state index contributed by atoms with van der Waals surface area (Å²) in [5.41, 5.74) is 1.95. The Hall–Kier alpha value is -4.93. The van der Waals surface area contributed by atoms with Crippen LogP contribution in [0.2, 0.25) is 0 Å². The van der Waals surface area contributed by atoms with Crippen LogP contribution in [0.4, 0.5) is 0 Å². The number of nitrogens with zero attached hydrogens (tertiary/aromatic N) is 2. The number of amides is 4. The number of esters is 1. The quantitative estimate of drug-likeness (QED) is 0.0339. The molecule has 2 heterocycles. The van der Waals surface area contributed by atoms with Crippen LogP contribution in [0.3, 0.4) is 0 Å². The molecule has 0 aliphatic carbocycles. The van der Waals surface area contributed by atoms with Crippen molar-refractivity contribution in [3.63, 3.8) is 0 Å². The van der Waals surface area contributed by atoms with Crippen molar-refractivity contribution in [3.8, 4) is 0 Å². The lowest BCUT2D eigenvalue weighted by Gasteiger charge is -2.33. The molecular weight excluding hydrogens is 622 g/mol. The predicted molar refractivity (Wildman–Crippen MR) is 187 cm³/mol. The summed E-state index contributed by atoms with van der Waals surface area (Å²) in [6.07, 6.45) is 5.02. The van der Waals surface area contributed by atoms with E-state index in [-0.39, 0.29) is 48.8 Å². The van der Waals surface area contributed by atoms with Crippen LogP contribution in [0.1, 0.15) is 107 Å². The van der Waals surface area contributed by atoms with Gasteiger partial charge in [0.25, 0.3) is 23.6 Å². The SMILES string of the molecule is CCC(CC)N1C(=O)c2ccc3c4ccc5c6c(ccc(c7ccc(c2c37)C1=O)c64)C(=O)N(CCCCOC(=O)CCCCCON)C5=O. The molecule has 10 heteroatoms. The molecule has 49 heavy (non-hydrogen) atoms. The molecule has 252 valence electrons. The van der Waals surface area contributed by atoms with Gasteiger partial charge in [-0.1, -0.05) is 44.5 Å². The van der Waals surface area contributed by atoms with Crippen molar-refractivity contribution in [2.75, 3.05) is 19.8 Å². The third-order valence-electron chi connectivity index (χ3n) is 10.2. The average molecular weight is 662 g/mol. The van der Waals surface area contributed by atoms with E-state index in [0.717, 1.165) is 45.2 Å². The van der Waals surface area contributed by atoms with Gasteiger partial charge in [0, 0.05) is 52.0 Å². The van der Waals surface area contributed by atoms with E-state index >= 15 is 0 Å². The van der Waals surface area contributed by atoms with E-state index in [1.54, 1.807) is 12.1 Å². The third-order valence-corrected chi connectivity index (χ3v) is 10.2. The molecule has 0 saturated carbocycles. The van der Waals surface area contributed by atoms with E-state index in [1.807, 2.05) is 50.2 Å². The summed E-state index contributed by atoms with van der Waals surface area (Å²) in [6.45, 7) is 4.86. The summed E-state index contributed by atoms with van der Waals surface area (Å²) in [5, 5.41) is 6.40. The smallest absolute Gasteiger partial charge is 0.305 e. The van der Waals surface area contributed by atoms with Crippen molar-refractivity contribution in [1.82, 2.24) is 9.80 Å². The van der Waals surface area contributed by atoms with E-state index < -0.39 is 0 Å². The molecule has 7 rings (SSSR count). The minimum atomic E-state index is -0.353. The molecule has 0 unspecified atom stereocenters. The zero-order valence-corrected chi connectivity index (χ0v) is 27.8. The molecule has 0 atom stereocenters. The molecule has 0 saturated heterocycles. The first-order valence-electron chi connectivity index (χ1n) is 17.2. The van der Waals surface area contributed by atoms with E-state index in [1.165, 1.54) is 9.80 Å². The molecule has 2 aliphatic heterocycles. The fourth-order valence-electron chi connectivity index (χ4n) is 7.79. The topological polar surface area (TPSA) is 136 Å². The van der Waals surface area contributed by atoms with Crippen LogP contribution in [-0.2, 0) is 14.4 Å². The van der Waals surface area contributed by atoms with Crippen LogP contribution >= 0.6 is 0 Å². The van der Waals surface area contributed by atoms with Gasteiger partial charge >= 0.3 is 5.97 Å². The monoisotopic (exact) mass is 661 g/mol. The fourth-order valence-corrected chi connectivity index (χ4v) is 7.79. The number of hydrogen-bond donors (Lipinski definition) is 1. The first-order valence-corrected chi connectivity index (χ1v) is 17.2. The molecule has 0 bridgehead atoms. The average Bonchev–Trinajstić information content (AvgIpc) is 3.11. The maximum Gasteiger partial charge on any atom is 0.305 e. The molecule has 0 spiro atoms. The standard InChI is InChI=1S/C39H39N3O7/c1-3-22(4-2)42-38(46)29-17-13-25-23-11-15-27-34-28(16-12-24(32(23)34)26-14-18-30(39(42)47)35(29)33(25)26)37(45)41(36(27)44)19-7-9-20-48-31(43)10-6-5-8-21-49-40/h11-18,22H,3-10,19-21,40H2,1-2H3. The van der Waals surface area contributed by atoms with Gasteiger partial charge < -0.3 is 9.57 Å². The van der Waals surface area contributed by atoms with Gasteiger partial charge in [-0.3, -0.25) is 33.8 Å². The Labute approximate surface area is 283 Å². The van der Waals surface area contributed by atoms with Gasteiger partial charge in [-0.2, -0.15) is 0 Å². The van der Waals surface area contributed by atoms with Gasteiger partial charge in [-0.25, -0.2) is 5.90 Å². The second-order valence-corrected chi connectivity index (χ2v) is 13.0. The molecule has 10 nitrogen and oxygen atoms in total. The Bertz CT molecular complexity index is 2050. The number of hydrogen-bond acceptors (Lipinski definition) is 8. The molecular formula is C39H39N3O7. The minimum absolute atomic E-state index is 0.178. The first-order chi connectivity index (χ1) is 23.8. The summed E-state index contributed by atoms with van der Waals surface area (Å²) in [7, 11) is 0. The van der Waals surface area contributed by atoms with Crippen molar-refractivity contribution in [2.24, 2.45) is 5.90 Å². The number of ether oxygens (including phenoxy) is 1. The first kappa shape index (κ1) is 32.6. The van der Waals surface area contributed by atoms with Gasteiger partial charge in [0.2, 0.25) is 0 Å². The van der Waals surface area contributed by atoms with Crippen LogP contribution in [0, 0.1) is 0 Å². The maximum absolute atomic E-state index is 13.8. The number of carbonyl (C=O) groups excluding carboxylic acids is 5. The summed E-state index contributed by atoms with van der Waals surface area (Å²) < 4.78 is 5.33. The Morgan fingerprint density at radius 3 is 1.55 bits per heavy atom. The van der Waals surface area contributed by atoms with E-state index in [4.69, 9.17) is 10.6 Å². The Kier molecular flexibility index (Phi) is 8.77. The highest BCUT2D eigenvalue weighted by Gasteiger charge is 2.38. The lowest BCUT2D eigenvalue weighted by Crippen LogP contribution is -2.46. The highest BCUT2D eigenvalue weighted by molar-refractivity contribution is 6.41. The number of carbonyl (C=O) groups is 5. The van der Waals surface area contributed by atoms with Gasteiger partial charge in [-0.05, 0) is 95.1 Å². The Balaban J connectivity index is 1.18. The van der Waals surface area contributed by atoms with Gasteiger partial charge in [0.05, 0.1) is 13.2 Å². The summed E-state index contributed by atoms with van der Waals surface area (Å²) in [5.74, 6) is 3.49. The largest absolute Gasteiger partial charge is 0.466 e. The van der Waals surface area contributed by atoms with E-state index in [0.29, 0.717) is 78.2 Å². The highest BCUT2D eigenvalue weighted by atomic mass is 16.6. The number of benzene rings is 5. The summed E-state index contributed by atoms with van der Waals surface area (Å²) >= 11 is 0. The third kappa shape index (κ3) is 5.21. The normalized spacial score (nSPS) is 14.5. The fraction of sp³-hybridized carbons (Fsp3) is 0.359. The predicted octanol–water partition coefficient (Wildman–Crippen LogP) is 6.89. The van der Waals surface area contributed by atoms with E-state index in [9.17, 15) is 24.0 Å². The minimum Gasteiger partial charge on any atom is -0.466 e. The van der Waals surface area contributed by atoms with Crippen LogP contribution in [-0.4, -0.2) is 65.2 Å². The zero-order valence-electron chi connectivity index (χ0n) is 27.8. The lowest BCUT2D eigenvalue weighted by molar-refractivity contribution is -0.143. The van der Waals surface area contributed by atoms with Crippen molar-refractivity contribution >= 4 is 72.7 Å². The van der Waals surface area contributed by atoms with Gasteiger partial charge in [-0.15, -0.1) is 0 Å². The van der Waals surface area contributed by atoms with Crippen molar-refractivity contribution in [3.05, 3.63) is 70.8 Å². The van der Waals surface area contributed by atoms with Crippen molar-refractivity contribution in [2.45, 2.75) is 71.3 Å². The molecule has 0 fully saturated rings. The zero-order chi connectivity index (χ0) is 34.4. The molecule has 0 radical (unpaired) electrons. The van der Waals surface area contributed by atoms with Crippen LogP contribution in [0.5, 0.6) is 0 Å². The van der Waals surface area contributed by atoms with Gasteiger partial charge in [0.1, 0.15) is 0 Å². The number of imide groups is 2. The lowest BCUT2D eigenvalue weighted by atomic mass is 9.82. The number of unbranched alkanes of at least 4 members (excludes halogenated alkanes) is 3. The molecule has 2 N–H and O–H groups in total. The van der Waals surface area contributed by atoms with Crippen molar-refractivity contribution in [1.29, 1.82) is 0 Å². The van der Waals surface area contributed by atoms with Crippen LogP contribution < -0.4 is 5.90 Å². The van der Waals surface area contributed by atoms with Crippen molar-refractivity contribution < 1.29 is 33.5 Å². The number of rotatable bonds is 14. The molecule has 0 aromatic heterocycles. The van der Waals surface area contributed by atoms with Crippen LogP contribution in [0.25, 0.3) is 43.1 Å². The number of fused-ring (bicyclic) bond motifs is 2. The summed E-state index contributed by atoms with van der Waals surface area (Å²) in [4.78, 5) is 74.4.